The standard InChI is InChI=1S/C32H36ClF3N4O2S/c1-3-42-29(41)25-24(38-27(28-37-11-12-43-28)39-26(25)22-7-6-21(34)13-23(22)33)16-40-15-20(14-32(35,36)19-40)5-4-8-30(2)17-31(18-30)9-10-31/h4-7,11-13,20,26H,3,8-10,14-19H2,1-2H3,(H,38,39)/b5-4+/t20-,26-/m0/s1. The van der Waals surface area contributed by atoms with Crippen LogP contribution in [-0.4, -0.2) is 53.9 Å². The molecule has 3 fully saturated rings. The molecule has 2 aliphatic carbocycles. The number of alkyl halides is 2. The first-order chi connectivity index (χ1) is 20.5. The van der Waals surface area contributed by atoms with Gasteiger partial charge in [0.2, 0.25) is 0 Å². The highest BCUT2D eigenvalue weighted by Crippen LogP contribution is 2.69. The molecule has 2 atom stereocenters. The highest BCUT2D eigenvalue weighted by molar-refractivity contribution is 7.11. The molecule has 2 saturated carbocycles. The predicted octanol–water partition coefficient (Wildman–Crippen LogP) is 7.33. The topological polar surface area (TPSA) is 66.8 Å². The van der Waals surface area contributed by atoms with Crippen LogP contribution in [0.4, 0.5) is 13.2 Å². The van der Waals surface area contributed by atoms with Gasteiger partial charge in [-0.15, -0.1) is 11.3 Å². The molecule has 0 bridgehead atoms. The van der Waals surface area contributed by atoms with Gasteiger partial charge in [-0.05, 0) is 67.9 Å². The van der Waals surface area contributed by atoms with Crippen LogP contribution in [0.15, 0.2) is 58.2 Å². The van der Waals surface area contributed by atoms with Crippen molar-refractivity contribution < 1.29 is 22.7 Å². The molecule has 2 aromatic rings. The van der Waals surface area contributed by atoms with Crippen LogP contribution in [0.3, 0.4) is 0 Å². The molecule has 3 heterocycles. The molecule has 4 aliphatic rings. The van der Waals surface area contributed by atoms with Gasteiger partial charge < -0.3 is 10.1 Å². The molecule has 11 heteroatoms. The summed E-state index contributed by atoms with van der Waals surface area (Å²) in [5.41, 5.74) is 1.81. The van der Waals surface area contributed by atoms with Crippen molar-refractivity contribution in [3.8, 4) is 0 Å². The zero-order valence-corrected chi connectivity index (χ0v) is 25.9. The second-order valence-electron chi connectivity index (χ2n) is 12.9. The minimum atomic E-state index is -2.89. The Kier molecular flexibility index (Phi) is 8.23. The number of allylic oxidation sites excluding steroid dienone is 1. The van der Waals surface area contributed by atoms with E-state index in [4.69, 9.17) is 21.3 Å². The smallest absolute Gasteiger partial charge is 0.338 e. The van der Waals surface area contributed by atoms with Gasteiger partial charge in [0.1, 0.15) is 11.9 Å². The third-order valence-electron chi connectivity index (χ3n) is 8.98. The fraction of sp³-hybridized carbons (Fsp3) is 0.531. The lowest BCUT2D eigenvalue weighted by molar-refractivity contribution is -0.139. The van der Waals surface area contributed by atoms with Crippen LogP contribution in [0.2, 0.25) is 5.02 Å². The first kappa shape index (κ1) is 30.3. The predicted molar refractivity (Wildman–Crippen MR) is 162 cm³/mol. The molecular weight excluding hydrogens is 597 g/mol. The Morgan fingerprint density at radius 3 is 2.77 bits per heavy atom. The van der Waals surface area contributed by atoms with E-state index in [9.17, 15) is 9.18 Å². The quantitative estimate of drug-likeness (QED) is 0.232. The number of ether oxygens (including phenoxy) is 1. The van der Waals surface area contributed by atoms with Crippen molar-refractivity contribution in [3.63, 3.8) is 0 Å². The Morgan fingerprint density at radius 2 is 2.09 bits per heavy atom. The van der Waals surface area contributed by atoms with Crippen molar-refractivity contribution in [1.29, 1.82) is 0 Å². The number of esters is 1. The number of aliphatic imine (C=N–C) groups is 1. The van der Waals surface area contributed by atoms with E-state index in [1.165, 1.54) is 49.2 Å². The molecule has 2 aliphatic heterocycles. The maximum Gasteiger partial charge on any atom is 0.338 e. The first-order valence-electron chi connectivity index (χ1n) is 14.8. The Bertz CT molecular complexity index is 1460. The molecule has 0 unspecified atom stereocenters. The summed E-state index contributed by atoms with van der Waals surface area (Å²) in [6.07, 6.45) is 11.5. The Morgan fingerprint density at radius 1 is 1.30 bits per heavy atom. The number of halogens is 4. The molecule has 43 heavy (non-hydrogen) atoms. The molecule has 1 N–H and O–H groups in total. The van der Waals surface area contributed by atoms with Gasteiger partial charge >= 0.3 is 5.97 Å². The lowest BCUT2D eigenvalue weighted by Gasteiger charge is -2.46. The Balaban J connectivity index is 1.29. The first-order valence-corrected chi connectivity index (χ1v) is 16.1. The van der Waals surface area contributed by atoms with E-state index in [2.05, 4.69) is 23.3 Å². The van der Waals surface area contributed by atoms with Gasteiger partial charge in [0, 0.05) is 47.4 Å². The van der Waals surface area contributed by atoms with E-state index in [1.807, 2.05) is 6.08 Å². The van der Waals surface area contributed by atoms with Gasteiger partial charge in [-0.25, -0.2) is 22.9 Å². The maximum atomic E-state index is 15.1. The number of hydrogen-bond donors (Lipinski definition) is 1. The van der Waals surface area contributed by atoms with E-state index in [0.717, 1.165) is 12.5 Å². The summed E-state index contributed by atoms with van der Waals surface area (Å²) in [5, 5.41) is 5.66. The molecule has 1 aromatic carbocycles. The summed E-state index contributed by atoms with van der Waals surface area (Å²) in [7, 11) is 0. The fourth-order valence-electron chi connectivity index (χ4n) is 7.25. The number of piperidine rings is 1. The molecule has 0 amide bonds. The lowest BCUT2D eigenvalue weighted by atomic mass is 9.59. The van der Waals surface area contributed by atoms with E-state index < -0.39 is 30.3 Å². The van der Waals surface area contributed by atoms with Crippen LogP contribution in [0.25, 0.3) is 0 Å². The van der Waals surface area contributed by atoms with Crippen LogP contribution in [-0.2, 0) is 9.53 Å². The second kappa shape index (κ2) is 11.7. The molecule has 0 radical (unpaired) electrons. The molecule has 1 aromatic heterocycles. The second-order valence-corrected chi connectivity index (χ2v) is 14.2. The zero-order valence-electron chi connectivity index (χ0n) is 24.3. The number of nitrogens with zero attached hydrogens (tertiary/aromatic N) is 3. The monoisotopic (exact) mass is 632 g/mol. The van der Waals surface area contributed by atoms with Crippen molar-refractivity contribution in [2.45, 2.75) is 64.3 Å². The van der Waals surface area contributed by atoms with Gasteiger partial charge in [-0.2, -0.15) is 0 Å². The highest BCUT2D eigenvalue weighted by atomic mass is 35.5. The summed E-state index contributed by atoms with van der Waals surface area (Å²) in [6.45, 7) is 4.11. The normalized spacial score (nSPS) is 25.8. The molecule has 1 spiro atoms. The highest BCUT2D eigenvalue weighted by Gasteiger charge is 2.57. The van der Waals surface area contributed by atoms with Gasteiger partial charge in [-0.3, -0.25) is 9.89 Å². The van der Waals surface area contributed by atoms with Gasteiger partial charge in [0.15, 0.2) is 10.8 Å². The van der Waals surface area contributed by atoms with Crippen LogP contribution in [0, 0.1) is 22.6 Å². The summed E-state index contributed by atoms with van der Waals surface area (Å²) < 4.78 is 49.6. The maximum absolute atomic E-state index is 15.1. The Hall–Kier alpha value is -2.69. The number of nitrogens with one attached hydrogen (secondary N) is 1. The van der Waals surface area contributed by atoms with Gasteiger partial charge in [-0.1, -0.05) is 36.7 Å². The number of benzene rings is 1. The summed E-state index contributed by atoms with van der Waals surface area (Å²) in [6, 6.07) is 2.95. The SMILES string of the molecule is CCOC(=O)C1=C(CN2C[C@@H](/C=C/CC3(C)CC4(CC4)C3)CC(F)(F)C2)NC(c2nccs2)=N[C@H]1c1ccc(F)cc1Cl. The summed E-state index contributed by atoms with van der Waals surface area (Å²) in [5.74, 6) is -4.00. The van der Waals surface area contributed by atoms with E-state index in [1.54, 1.807) is 23.4 Å². The van der Waals surface area contributed by atoms with Gasteiger partial charge in [0.25, 0.3) is 5.92 Å². The van der Waals surface area contributed by atoms with Crippen molar-refractivity contribution in [2.75, 3.05) is 26.2 Å². The third-order valence-corrected chi connectivity index (χ3v) is 10.1. The van der Waals surface area contributed by atoms with Crippen LogP contribution in [0.1, 0.15) is 69.0 Å². The van der Waals surface area contributed by atoms with Crippen molar-refractivity contribution in [2.24, 2.45) is 21.7 Å². The van der Waals surface area contributed by atoms with E-state index >= 15 is 8.78 Å². The largest absolute Gasteiger partial charge is 0.463 e. The van der Waals surface area contributed by atoms with Crippen molar-refractivity contribution >= 4 is 34.7 Å². The molecule has 6 nitrogen and oxygen atoms in total. The number of thiazole rings is 1. The van der Waals surface area contributed by atoms with Crippen LogP contribution in [0.5, 0.6) is 0 Å². The van der Waals surface area contributed by atoms with E-state index in [-0.39, 0.29) is 41.5 Å². The average Bonchev–Trinajstić information content (AvgIpc) is 3.46. The summed E-state index contributed by atoms with van der Waals surface area (Å²) in [4.78, 5) is 24.2. The fourth-order valence-corrected chi connectivity index (χ4v) is 8.11. The number of likely N-dealkylation sites (tertiary alicyclic amines) is 1. The minimum absolute atomic E-state index is 0.0357. The van der Waals surface area contributed by atoms with Crippen LogP contribution >= 0.6 is 22.9 Å². The number of amidine groups is 1. The van der Waals surface area contributed by atoms with Crippen molar-refractivity contribution in [1.82, 2.24) is 15.2 Å². The molecule has 230 valence electrons. The van der Waals surface area contributed by atoms with E-state index in [0.29, 0.717) is 34.1 Å². The zero-order chi connectivity index (χ0) is 30.4. The Labute approximate surface area is 259 Å². The summed E-state index contributed by atoms with van der Waals surface area (Å²) >= 11 is 7.80. The molecule has 6 rings (SSSR count). The number of carbonyl (C=O) groups is 1. The lowest BCUT2D eigenvalue weighted by Crippen LogP contribution is -2.49. The average molecular weight is 633 g/mol. The third kappa shape index (κ3) is 6.71. The number of hydrogen-bond acceptors (Lipinski definition) is 7. The van der Waals surface area contributed by atoms with Crippen LogP contribution < -0.4 is 5.32 Å². The number of rotatable bonds is 9. The molecule has 1 saturated heterocycles. The van der Waals surface area contributed by atoms with Crippen molar-refractivity contribution in [3.05, 3.63) is 74.6 Å². The molecular formula is C32H36ClF3N4O2S. The number of carbonyl (C=O) groups excluding carboxylic acids is 1. The minimum Gasteiger partial charge on any atom is -0.463 e. The number of aromatic nitrogens is 1. The van der Waals surface area contributed by atoms with Gasteiger partial charge in [0.05, 0.1) is 18.7 Å².